The molecular weight excluding hydrogens is 290 g/mol. The highest BCUT2D eigenvalue weighted by Crippen LogP contribution is 2.33. The van der Waals surface area contributed by atoms with Crippen molar-refractivity contribution in [3.05, 3.63) is 63.9 Å². The van der Waals surface area contributed by atoms with E-state index in [0.29, 0.717) is 6.42 Å². The van der Waals surface area contributed by atoms with Crippen molar-refractivity contribution in [2.45, 2.75) is 25.9 Å². The Bertz CT molecular complexity index is 508. The summed E-state index contributed by atoms with van der Waals surface area (Å²) in [5, 5.41) is 11.0. The van der Waals surface area contributed by atoms with E-state index in [1.165, 1.54) is 0 Å². The SMILES string of the molecule is CCC(O)(c1cncc(C)c1)c1cccc(Br)c1. The molecule has 1 aromatic heterocycles. The Labute approximate surface area is 116 Å². The van der Waals surface area contributed by atoms with E-state index in [1.54, 1.807) is 12.4 Å². The van der Waals surface area contributed by atoms with Crippen molar-refractivity contribution in [2.75, 3.05) is 0 Å². The molecular formula is C15H16BrNO. The number of halogens is 1. The van der Waals surface area contributed by atoms with Crippen molar-refractivity contribution >= 4 is 15.9 Å². The van der Waals surface area contributed by atoms with Gasteiger partial charge in [0.05, 0.1) is 0 Å². The van der Waals surface area contributed by atoms with Gasteiger partial charge in [-0.15, -0.1) is 0 Å². The minimum Gasteiger partial charge on any atom is -0.380 e. The van der Waals surface area contributed by atoms with Crippen LogP contribution in [0.25, 0.3) is 0 Å². The zero-order valence-corrected chi connectivity index (χ0v) is 12.1. The van der Waals surface area contributed by atoms with E-state index in [-0.39, 0.29) is 0 Å². The molecule has 18 heavy (non-hydrogen) atoms. The maximum Gasteiger partial charge on any atom is 0.116 e. The molecule has 0 fully saturated rings. The van der Waals surface area contributed by atoms with E-state index < -0.39 is 5.60 Å². The first-order valence-electron chi connectivity index (χ1n) is 5.97. The summed E-state index contributed by atoms with van der Waals surface area (Å²) in [6.07, 6.45) is 4.13. The Kier molecular flexibility index (Phi) is 3.83. The van der Waals surface area contributed by atoms with E-state index in [2.05, 4.69) is 20.9 Å². The Balaban J connectivity index is 2.54. The van der Waals surface area contributed by atoms with E-state index in [1.807, 2.05) is 44.2 Å². The van der Waals surface area contributed by atoms with E-state index in [9.17, 15) is 5.11 Å². The zero-order valence-electron chi connectivity index (χ0n) is 10.5. The fourth-order valence-corrected chi connectivity index (χ4v) is 2.50. The maximum absolute atomic E-state index is 11.0. The lowest BCUT2D eigenvalue weighted by molar-refractivity contribution is 0.0760. The number of aryl methyl sites for hydroxylation is 1. The van der Waals surface area contributed by atoms with E-state index >= 15 is 0 Å². The van der Waals surface area contributed by atoms with Crippen LogP contribution in [0.3, 0.4) is 0 Å². The molecule has 0 aliphatic carbocycles. The van der Waals surface area contributed by atoms with Gasteiger partial charge in [0.1, 0.15) is 5.60 Å². The lowest BCUT2D eigenvalue weighted by Gasteiger charge is -2.28. The highest BCUT2D eigenvalue weighted by atomic mass is 79.9. The van der Waals surface area contributed by atoms with Crippen molar-refractivity contribution in [3.8, 4) is 0 Å². The fraction of sp³-hybridized carbons (Fsp3) is 0.267. The average molecular weight is 306 g/mol. The second kappa shape index (κ2) is 5.21. The molecule has 0 saturated heterocycles. The molecule has 0 amide bonds. The van der Waals surface area contributed by atoms with Crippen LogP contribution in [0.2, 0.25) is 0 Å². The van der Waals surface area contributed by atoms with Crippen molar-refractivity contribution in [3.63, 3.8) is 0 Å². The number of aromatic nitrogens is 1. The Morgan fingerprint density at radius 3 is 2.61 bits per heavy atom. The van der Waals surface area contributed by atoms with Gasteiger partial charge in [-0.2, -0.15) is 0 Å². The predicted molar refractivity (Wildman–Crippen MR) is 76.4 cm³/mol. The van der Waals surface area contributed by atoms with E-state index in [0.717, 1.165) is 21.2 Å². The standard InChI is InChI=1S/C15H16BrNO/c1-3-15(18,12-5-4-6-14(16)8-12)13-7-11(2)9-17-10-13/h4-10,18H,3H2,1-2H3. The van der Waals surface area contributed by atoms with Crippen molar-refractivity contribution in [1.82, 2.24) is 4.98 Å². The van der Waals surface area contributed by atoms with Crippen LogP contribution in [0.5, 0.6) is 0 Å². The molecule has 94 valence electrons. The second-order valence-electron chi connectivity index (χ2n) is 4.48. The van der Waals surface area contributed by atoms with Crippen LogP contribution in [0, 0.1) is 6.92 Å². The summed E-state index contributed by atoms with van der Waals surface area (Å²) in [4.78, 5) is 4.17. The highest BCUT2D eigenvalue weighted by molar-refractivity contribution is 9.10. The molecule has 2 aromatic rings. The normalized spacial score (nSPS) is 14.2. The molecule has 1 aromatic carbocycles. The quantitative estimate of drug-likeness (QED) is 0.935. The van der Waals surface area contributed by atoms with Crippen molar-refractivity contribution in [1.29, 1.82) is 0 Å². The van der Waals surface area contributed by atoms with Gasteiger partial charge in [-0.1, -0.05) is 35.0 Å². The monoisotopic (exact) mass is 305 g/mol. The van der Waals surface area contributed by atoms with Gasteiger partial charge in [-0.3, -0.25) is 4.98 Å². The second-order valence-corrected chi connectivity index (χ2v) is 5.39. The largest absolute Gasteiger partial charge is 0.380 e. The molecule has 2 nitrogen and oxygen atoms in total. The van der Waals surface area contributed by atoms with Gasteiger partial charge in [-0.25, -0.2) is 0 Å². The van der Waals surface area contributed by atoms with Crippen LogP contribution in [0.4, 0.5) is 0 Å². The highest BCUT2D eigenvalue weighted by Gasteiger charge is 2.30. The molecule has 1 N–H and O–H groups in total. The summed E-state index contributed by atoms with van der Waals surface area (Å²) < 4.78 is 0.965. The number of benzene rings is 1. The molecule has 0 radical (unpaired) electrons. The van der Waals surface area contributed by atoms with Crippen LogP contribution >= 0.6 is 15.9 Å². The zero-order chi connectivity index (χ0) is 13.2. The van der Waals surface area contributed by atoms with E-state index in [4.69, 9.17) is 0 Å². The van der Waals surface area contributed by atoms with Crippen LogP contribution in [0.1, 0.15) is 30.0 Å². The summed E-state index contributed by atoms with van der Waals surface area (Å²) >= 11 is 3.44. The lowest BCUT2D eigenvalue weighted by atomic mass is 9.85. The van der Waals surface area contributed by atoms with Gasteiger partial charge in [0.15, 0.2) is 0 Å². The number of nitrogens with zero attached hydrogens (tertiary/aromatic N) is 1. The molecule has 0 aliphatic heterocycles. The van der Waals surface area contributed by atoms with Gasteiger partial charge in [0, 0.05) is 22.4 Å². The minimum atomic E-state index is -0.983. The van der Waals surface area contributed by atoms with Gasteiger partial charge in [0.25, 0.3) is 0 Å². The molecule has 0 saturated carbocycles. The first kappa shape index (κ1) is 13.2. The molecule has 2 rings (SSSR count). The molecule has 1 heterocycles. The Morgan fingerprint density at radius 1 is 1.22 bits per heavy atom. The smallest absolute Gasteiger partial charge is 0.116 e. The Morgan fingerprint density at radius 2 is 2.00 bits per heavy atom. The van der Waals surface area contributed by atoms with Gasteiger partial charge < -0.3 is 5.11 Å². The van der Waals surface area contributed by atoms with Crippen molar-refractivity contribution < 1.29 is 5.11 Å². The summed E-state index contributed by atoms with van der Waals surface area (Å²) in [5.74, 6) is 0. The molecule has 1 atom stereocenters. The van der Waals surface area contributed by atoms with Crippen LogP contribution < -0.4 is 0 Å². The van der Waals surface area contributed by atoms with Crippen LogP contribution in [0.15, 0.2) is 47.2 Å². The topological polar surface area (TPSA) is 33.1 Å². The molecule has 1 unspecified atom stereocenters. The number of hydrogen-bond donors (Lipinski definition) is 1. The molecule has 0 bridgehead atoms. The number of aliphatic hydroxyl groups is 1. The first-order chi connectivity index (χ1) is 8.56. The predicted octanol–water partition coefficient (Wildman–Crippen LogP) is 3.80. The lowest BCUT2D eigenvalue weighted by Crippen LogP contribution is -2.26. The van der Waals surface area contributed by atoms with Gasteiger partial charge in [-0.05, 0) is 42.7 Å². The summed E-state index contributed by atoms with van der Waals surface area (Å²) in [5.41, 5.74) is 1.78. The first-order valence-corrected chi connectivity index (χ1v) is 6.76. The summed E-state index contributed by atoms with van der Waals surface area (Å²) in [6, 6.07) is 9.76. The van der Waals surface area contributed by atoms with Gasteiger partial charge >= 0.3 is 0 Å². The average Bonchev–Trinajstić information content (AvgIpc) is 2.38. The summed E-state index contributed by atoms with van der Waals surface area (Å²) in [7, 11) is 0. The molecule has 0 spiro atoms. The van der Waals surface area contributed by atoms with Crippen molar-refractivity contribution in [2.24, 2.45) is 0 Å². The molecule has 0 aliphatic rings. The fourth-order valence-electron chi connectivity index (χ4n) is 2.10. The minimum absolute atomic E-state index is 0.606. The number of hydrogen-bond acceptors (Lipinski definition) is 2. The van der Waals surface area contributed by atoms with Gasteiger partial charge in [0.2, 0.25) is 0 Å². The van der Waals surface area contributed by atoms with Crippen LogP contribution in [-0.2, 0) is 5.60 Å². The maximum atomic E-state index is 11.0. The Hall–Kier alpha value is -1.19. The third-order valence-electron chi connectivity index (χ3n) is 3.17. The summed E-state index contributed by atoms with van der Waals surface area (Å²) in [6.45, 7) is 3.96. The number of pyridine rings is 1. The third-order valence-corrected chi connectivity index (χ3v) is 3.66. The number of rotatable bonds is 3. The third kappa shape index (κ3) is 2.47. The molecule has 3 heteroatoms. The van der Waals surface area contributed by atoms with Crippen LogP contribution in [-0.4, -0.2) is 10.1 Å².